The second-order valence-corrected chi connectivity index (χ2v) is 6.99. The predicted octanol–water partition coefficient (Wildman–Crippen LogP) is 5.39. The van der Waals surface area contributed by atoms with Crippen LogP contribution in [0.15, 0.2) is 0 Å². The number of rotatable bonds is 15. The minimum atomic E-state index is 0.429. The van der Waals surface area contributed by atoms with Crippen molar-refractivity contribution in [3.63, 3.8) is 0 Å². The topological polar surface area (TPSA) is 52.0 Å². The zero-order valence-electron chi connectivity index (χ0n) is 15.1. The molecule has 0 heterocycles. The molecule has 0 aromatic rings. The normalized spacial score (nSPS) is 15.9. The number of nitrogens with two attached hydrogens (primary N) is 2. The van der Waals surface area contributed by atoms with Gasteiger partial charge < -0.3 is 11.5 Å². The van der Waals surface area contributed by atoms with Gasteiger partial charge in [-0.1, -0.05) is 72.1 Å². The Morgan fingerprint density at radius 2 is 1.38 bits per heavy atom. The highest BCUT2D eigenvalue weighted by Gasteiger charge is 2.24. The maximum absolute atomic E-state index is 6.07. The zero-order chi connectivity index (χ0) is 16.0. The first-order valence-electron chi connectivity index (χ1n) is 9.59. The molecule has 128 valence electrons. The Kier molecular flexibility index (Phi) is 13.5. The van der Waals surface area contributed by atoms with Crippen LogP contribution in [0.25, 0.3) is 0 Å². The van der Waals surface area contributed by atoms with Crippen molar-refractivity contribution in [2.24, 2.45) is 16.9 Å². The molecule has 0 spiro atoms. The molecule has 0 aliphatic rings. The van der Waals surface area contributed by atoms with Crippen molar-refractivity contribution in [1.29, 1.82) is 0 Å². The van der Waals surface area contributed by atoms with E-state index < -0.39 is 0 Å². The fourth-order valence-corrected chi connectivity index (χ4v) is 3.20. The van der Waals surface area contributed by atoms with Gasteiger partial charge in [0, 0.05) is 6.04 Å². The van der Waals surface area contributed by atoms with E-state index in [1.54, 1.807) is 0 Å². The van der Waals surface area contributed by atoms with Gasteiger partial charge in [-0.25, -0.2) is 0 Å². The summed E-state index contributed by atoms with van der Waals surface area (Å²) in [7, 11) is 0. The van der Waals surface area contributed by atoms with Crippen LogP contribution in [0.5, 0.6) is 0 Å². The lowest BCUT2D eigenvalue weighted by Crippen LogP contribution is -2.29. The summed E-state index contributed by atoms with van der Waals surface area (Å²) in [6.45, 7) is 7.65. The lowest BCUT2D eigenvalue weighted by Gasteiger charge is -2.31. The standard InChI is InChI=1S/C19H42N2/c1-4-7-15-19(6-3,17-20)16-13-11-9-8-10-12-14-18(21)5-2/h18H,4-17,20-21H2,1-3H3. The molecule has 21 heavy (non-hydrogen) atoms. The number of hydrogen-bond donors (Lipinski definition) is 2. The summed E-state index contributed by atoms with van der Waals surface area (Å²) in [4.78, 5) is 0. The average Bonchev–Trinajstić information content (AvgIpc) is 2.52. The molecule has 4 N–H and O–H groups in total. The maximum Gasteiger partial charge on any atom is 0.00362 e. The first-order chi connectivity index (χ1) is 10.1. The summed E-state index contributed by atoms with van der Waals surface area (Å²) in [5.41, 5.74) is 12.4. The van der Waals surface area contributed by atoms with Gasteiger partial charge in [-0.2, -0.15) is 0 Å². The fourth-order valence-electron chi connectivity index (χ4n) is 3.20. The first-order valence-corrected chi connectivity index (χ1v) is 9.59. The van der Waals surface area contributed by atoms with E-state index in [1.165, 1.54) is 77.0 Å². The highest BCUT2D eigenvalue weighted by Crippen LogP contribution is 2.33. The summed E-state index contributed by atoms with van der Waals surface area (Å²) in [5, 5.41) is 0. The minimum Gasteiger partial charge on any atom is -0.330 e. The van der Waals surface area contributed by atoms with Crippen LogP contribution in [0.1, 0.15) is 104 Å². The monoisotopic (exact) mass is 298 g/mol. The highest BCUT2D eigenvalue weighted by molar-refractivity contribution is 4.78. The summed E-state index contributed by atoms with van der Waals surface area (Å²) >= 11 is 0. The summed E-state index contributed by atoms with van der Waals surface area (Å²) in [6, 6.07) is 0.429. The van der Waals surface area contributed by atoms with Crippen LogP contribution in [0.2, 0.25) is 0 Å². The quantitative estimate of drug-likeness (QED) is 0.398. The van der Waals surface area contributed by atoms with E-state index in [2.05, 4.69) is 20.8 Å². The summed E-state index contributed by atoms with van der Waals surface area (Å²) in [6.07, 6.45) is 17.1. The first kappa shape index (κ1) is 20.9. The smallest absolute Gasteiger partial charge is 0.00362 e. The lowest BCUT2D eigenvalue weighted by molar-refractivity contribution is 0.223. The minimum absolute atomic E-state index is 0.429. The SMILES string of the molecule is CCCCC(CC)(CN)CCCCCCCCC(N)CC. The Labute approximate surface area is 134 Å². The lowest BCUT2D eigenvalue weighted by atomic mass is 9.76. The van der Waals surface area contributed by atoms with Crippen LogP contribution in [-0.4, -0.2) is 12.6 Å². The van der Waals surface area contributed by atoms with Crippen molar-refractivity contribution in [3.8, 4) is 0 Å². The molecule has 2 nitrogen and oxygen atoms in total. The van der Waals surface area contributed by atoms with Crippen LogP contribution >= 0.6 is 0 Å². The molecule has 0 rings (SSSR count). The van der Waals surface area contributed by atoms with Crippen molar-refractivity contribution in [1.82, 2.24) is 0 Å². The van der Waals surface area contributed by atoms with Crippen molar-refractivity contribution >= 4 is 0 Å². The van der Waals surface area contributed by atoms with Crippen LogP contribution in [0.4, 0.5) is 0 Å². The van der Waals surface area contributed by atoms with Crippen LogP contribution < -0.4 is 11.5 Å². The molecule has 0 fully saturated rings. The number of hydrogen-bond acceptors (Lipinski definition) is 2. The van der Waals surface area contributed by atoms with E-state index in [0.29, 0.717) is 11.5 Å². The second-order valence-electron chi connectivity index (χ2n) is 6.99. The van der Waals surface area contributed by atoms with E-state index in [-0.39, 0.29) is 0 Å². The van der Waals surface area contributed by atoms with E-state index in [0.717, 1.165) is 13.0 Å². The Bertz CT molecular complexity index is 212. The van der Waals surface area contributed by atoms with Crippen LogP contribution in [0.3, 0.4) is 0 Å². The van der Waals surface area contributed by atoms with Gasteiger partial charge in [0.25, 0.3) is 0 Å². The van der Waals surface area contributed by atoms with Crippen molar-refractivity contribution in [2.75, 3.05) is 6.54 Å². The molecule has 0 bridgehead atoms. The van der Waals surface area contributed by atoms with Crippen LogP contribution in [-0.2, 0) is 0 Å². The maximum atomic E-state index is 6.07. The van der Waals surface area contributed by atoms with E-state index in [1.807, 2.05) is 0 Å². The Morgan fingerprint density at radius 3 is 1.90 bits per heavy atom. The molecule has 2 unspecified atom stereocenters. The molecule has 2 heteroatoms. The summed E-state index contributed by atoms with van der Waals surface area (Å²) < 4.78 is 0. The number of unbranched alkanes of at least 4 members (excludes halogenated alkanes) is 6. The molecule has 0 aliphatic carbocycles. The molecule has 0 amide bonds. The zero-order valence-corrected chi connectivity index (χ0v) is 15.1. The van der Waals surface area contributed by atoms with Gasteiger partial charge >= 0.3 is 0 Å². The average molecular weight is 299 g/mol. The molecule has 2 atom stereocenters. The Hall–Kier alpha value is -0.0800. The van der Waals surface area contributed by atoms with Crippen molar-refractivity contribution in [3.05, 3.63) is 0 Å². The van der Waals surface area contributed by atoms with Gasteiger partial charge in [0.1, 0.15) is 0 Å². The molecular formula is C19H42N2. The molecule has 0 radical (unpaired) electrons. The van der Waals surface area contributed by atoms with Crippen molar-refractivity contribution in [2.45, 2.75) is 110 Å². The van der Waals surface area contributed by atoms with E-state index >= 15 is 0 Å². The van der Waals surface area contributed by atoms with Gasteiger partial charge in [-0.3, -0.25) is 0 Å². The molecular weight excluding hydrogens is 256 g/mol. The predicted molar refractivity (Wildman–Crippen MR) is 96.5 cm³/mol. The molecule has 0 aromatic carbocycles. The molecule has 0 aliphatic heterocycles. The van der Waals surface area contributed by atoms with Gasteiger partial charge in [-0.05, 0) is 44.1 Å². The summed E-state index contributed by atoms with van der Waals surface area (Å²) in [5.74, 6) is 0. The van der Waals surface area contributed by atoms with Gasteiger partial charge in [0.2, 0.25) is 0 Å². The van der Waals surface area contributed by atoms with Gasteiger partial charge in [0.15, 0.2) is 0 Å². The molecule has 0 aromatic heterocycles. The highest BCUT2D eigenvalue weighted by atomic mass is 14.6. The molecule has 0 saturated carbocycles. The fraction of sp³-hybridized carbons (Fsp3) is 1.00. The van der Waals surface area contributed by atoms with Crippen molar-refractivity contribution < 1.29 is 0 Å². The second kappa shape index (κ2) is 13.6. The third-order valence-electron chi connectivity index (χ3n) is 5.30. The van der Waals surface area contributed by atoms with Gasteiger partial charge in [-0.15, -0.1) is 0 Å². The largest absolute Gasteiger partial charge is 0.330 e. The van der Waals surface area contributed by atoms with E-state index in [4.69, 9.17) is 11.5 Å². The van der Waals surface area contributed by atoms with Gasteiger partial charge in [0.05, 0.1) is 0 Å². The van der Waals surface area contributed by atoms with E-state index in [9.17, 15) is 0 Å². The third-order valence-corrected chi connectivity index (χ3v) is 5.30. The Balaban J connectivity index is 3.62. The Morgan fingerprint density at radius 1 is 0.810 bits per heavy atom. The van der Waals surface area contributed by atoms with Crippen LogP contribution in [0, 0.1) is 5.41 Å². The third kappa shape index (κ3) is 10.3. The molecule has 0 saturated heterocycles.